The second-order valence-corrected chi connectivity index (χ2v) is 8.27. The number of carbonyl (C=O) groups is 2. The van der Waals surface area contributed by atoms with Gasteiger partial charge in [-0.05, 0) is 29.8 Å². The van der Waals surface area contributed by atoms with Gasteiger partial charge in [0.2, 0.25) is 5.91 Å². The van der Waals surface area contributed by atoms with Crippen molar-refractivity contribution in [3.8, 4) is 16.9 Å². The van der Waals surface area contributed by atoms with Gasteiger partial charge < -0.3 is 14.8 Å². The molecule has 0 fully saturated rings. The Morgan fingerprint density at radius 3 is 2.61 bits per heavy atom. The Morgan fingerprint density at radius 1 is 1.09 bits per heavy atom. The summed E-state index contributed by atoms with van der Waals surface area (Å²) in [4.78, 5) is 35.6. The first-order valence-corrected chi connectivity index (χ1v) is 10.9. The van der Waals surface area contributed by atoms with E-state index in [1.54, 1.807) is 44.9 Å². The van der Waals surface area contributed by atoms with Crippen molar-refractivity contribution in [2.24, 2.45) is 0 Å². The fourth-order valence-electron chi connectivity index (χ4n) is 3.34. The third kappa shape index (κ3) is 4.84. The number of amides is 2. The molecule has 0 saturated carbocycles. The lowest BCUT2D eigenvalue weighted by Gasteiger charge is -2.15. The molecule has 0 spiro atoms. The molecule has 8 nitrogen and oxygen atoms in total. The number of methoxy groups -OCH3 is 2. The van der Waals surface area contributed by atoms with Crippen molar-refractivity contribution >= 4 is 44.7 Å². The molecular weight excluding hydrogens is 440 g/mol. The van der Waals surface area contributed by atoms with Crippen LogP contribution in [-0.4, -0.2) is 49.7 Å². The average Bonchev–Trinajstić information content (AvgIpc) is 3.28. The predicted molar refractivity (Wildman–Crippen MR) is 129 cm³/mol. The van der Waals surface area contributed by atoms with Crippen molar-refractivity contribution in [1.82, 2.24) is 9.97 Å². The number of anilines is 2. The van der Waals surface area contributed by atoms with Gasteiger partial charge >= 0.3 is 0 Å². The number of fused-ring (bicyclic) bond motifs is 1. The summed E-state index contributed by atoms with van der Waals surface area (Å²) in [6.07, 6.45) is 5.13. The van der Waals surface area contributed by atoms with E-state index in [-0.39, 0.29) is 18.4 Å². The highest BCUT2D eigenvalue weighted by molar-refractivity contribution is 7.21. The summed E-state index contributed by atoms with van der Waals surface area (Å²) in [6, 6.07) is 12.8. The molecule has 3 aromatic heterocycles. The zero-order valence-electron chi connectivity index (χ0n) is 18.4. The number of hydrogen-bond acceptors (Lipinski definition) is 7. The van der Waals surface area contributed by atoms with E-state index in [1.165, 1.54) is 23.3 Å². The van der Waals surface area contributed by atoms with Crippen LogP contribution in [0.5, 0.6) is 5.75 Å². The molecule has 3 heterocycles. The second kappa shape index (κ2) is 9.76. The first kappa shape index (κ1) is 22.4. The maximum atomic E-state index is 13.1. The first-order chi connectivity index (χ1) is 16.0. The lowest BCUT2D eigenvalue weighted by Crippen LogP contribution is -2.26. The van der Waals surface area contributed by atoms with E-state index < -0.39 is 0 Å². The fraction of sp³-hybridized carbons (Fsp3) is 0.167. The lowest BCUT2D eigenvalue weighted by molar-refractivity contribution is -0.119. The maximum Gasteiger partial charge on any atom is 0.269 e. The minimum atomic E-state index is -0.218. The third-order valence-corrected chi connectivity index (χ3v) is 6.07. The molecule has 0 aliphatic heterocycles. The highest BCUT2D eigenvalue weighted by atomic mass is 32.1. The van der Waals surface area contributed by atoms with Crippen LogP contribution in [0.3, 0.4) is 0 Å². The van der Waals surface area contributed by atoms with E-state index in [0.717, 1.165) is 21.2 Å². The van der Waals surface area contributed by atoms with Crippen molar-refractivity contribution in [3.05, 3.63) is 65.9 Å². The summed E-state index contributed by atoms with van der Waals surface area (Å²) in [6.45, 7) is -0.00355. The Bertz CT molecular complexity index is 1300. The standard InChI is InChI=1S/C24H22N4O4S/c1-28(22-10-17(32-3)8-9-26-22)24(30)20-11-18-19(12-25-13-21(18)33-20)15-4-6-16(7-5-15)27-23(29)14-31-2/h4-13H,14H2,1-3H3,(H,27,29). The van der Waals surface area contributed by atoms with Gasteiger partial charge in [0.1, 0.15) is 18.2 Å². The van der Waals surface area contributed by atoms with Gasteiger partial charge in [0.25, 0.3) is 5.91 Å². The highest BCUT2D eigenvalue weighted by Gasteiger charge is 2.19. The summed E-state index contributed by atoms with van der Waals surface area (Å²) in [5.74, 6) is 0.745. The Hall–Kier alpha value is -3.82. The highest BCUT2D eigenvalue weighted by Crippen LogP contribution is 2.34. The monoisotopic (exact) mass is 462 g/mol. The molecule has 0 saturated heterocycles. The van der Waals surface area contributed by atoms with Gasteiger partial charge in [0, 0.05) is 55.5 Å². The van der Waals surface area contributed by atoms with Gasteiger partial charge in [0.15, 0.2) is 0 Å². The normalized spacial score (nSPS) is 10.8. The first-order valence-electron chi connectivity index (χ1n) is 10.0. The van der Waals surface area contributed by atoms with Crippen LogP contribution >= 0.6 is 11.3 Å². The summed E-state index contributed by atoms with van der Waals surface area (Å²) in [5.41, 5.74) is 2.51. The Morgan fingerprint density at radius 2 is 1.88 bits per heavy atom. The molecule has 0 aliphatic rings. The van der Waals surface area contributed by atoms with E-state index in [2.05, 4.69) is 15.3 Å². The number of carbonyl (C=O) groups excluding carboxylic acids is 2. The molecule has 1 aromatic carbocycles. The van der Waals surface area contributed by atoms with Gasteiger partial charge in [-0.3, -0.25) is 19.5 Å². The maximum absolute atomic E-state index is 13.1. The molecule has 4 rings (SSSR count). The van der Waals surface area contributed by atoms with E-state index >= 15 is 0 Å². The molecule has 33 heavy (non-hydrogen) atoms. The van der Waals surface area contributed by atoms with Gasteiger partial charge in [-0.15, -0.1) is 11.3 Å². The van der Waals surface area contributed by atoms with Crippen LogP contribution in [0.1, 0.15) is 9.67 Å². The van der Waals surface area contributed by atoms with Gasteiger partial charge in [-0.25, -0.2) is 4.98 Å². The second-order valence-electron chi connectivity index (χ2n) is 7.19. The number of nitrogens with zero attached hydrogens (tertiary/aromatic N) is 3. The average molecular weight is 463 g/mol. The molecule has 0 radical (unpaired) electrons. The predicted octanol–water partition coefficient (Wildman–Crippen LogP) is 4.23. The molecule has 2 amide bonds. The summed E-state index contributed by atoms with van der Waals surface area (Å²) in [7, 11) is 4.73. The molecule has 0 unspecified atom stereocenters. The quantitative estimate of drug-likeness (QED) is 0.442. The Balaban J connectivity index is 1.61. The number of benzene rings is 1. The minimum Gasteiger partial charge on any atom is -0.497 e. The molecule has 0 atom stereocenters. The summed E-state index contributed by atoms with van der Waals surface area (Å²) < 4.78 is 11.0. The number of thiophene rings is 1. The molecule has 0 aliphatic carbocycles. The smallest absolute Gasteiger partial charge is 0.269 e. The number of nitrogens with one attached hydrogen (secondary N) is 1. The third-order valence-electron chi connectivity index (χ3n) is 5.01. The Kier molecular flexibility index (Phi) is 6.62. The molecular formula is C24H22N4O4S. The van der Waals surface area contributed by atoms with Crippen molar-refractivity contribution < 1.29 is 19.1 Å². The van der Waals surface area contributed by atoms with Crippen molar-refractivity contribution in [1.29, 1.82) is 0 Å². The van der Waals surface area contributed by atoms with E-state index in [4.69, 9.17) is 9.47 Å². The largest absolute Gasteiger partial charge is 0.497 e. The summed E-state index contributed by atoms with van der Waals surface area (Å²) >= 11 is 1.38. The molecule has 9 heteroatoms. The van der Waals surface area contributed by atoms with Crippen molar-refractivity contribution in [2.75, 3.05) is 38.1 Å². The van der Waals surface area contributed by atoms with Crippen LogP contribution in [0.15, 0.2) is 61.1 Å². The molecule has 168 valence electrons. The van der Waals surface area contributed by atoms with Crippen LogP contribution in [0, 0.1) is 0 Å². The van der Waals surface area contributed by atoms with E-state index in [0.29, 0.717) is 22.1 Å². The van der Waals surface area contributed by atoms with Crippen LogP contribution < -0.4 is 15.0 Å². The summed E-state index contributed by atoms with van der Waals surface area (Å²) in [5, 5.41) is 3.70. The zero-order chi connectivity index (χ0) is 23.4. The zero-order valence-corrected chi connectivity index (χ0v) is 19.2. The Labute approximate surface area is 194 Å². The van der Waals surface area contributed by atoms with Crippen LogP contribution in [0.4, 0.5) is 11.5 Å². The molecule has 1 N–H and O–H groups in total. The van der Waals surface area contributed by atoms with Gasteiger partial charge in [-0.1, -0.05) is 12.1 Å². The fourth-order valence-corrected chi connectivity index (χ4v) is 4.37. The van der Waals surface area contributed by atoms with Crippen molar-refractivity contribution in [3.63, 3.8) is 0 Å². The number of rotatable bonds is 7. The van der Waals surface area contributed by atoms with E-state index in [1.807, 2.05) is 30.3 Å². The van der Waals surface area contributed by atoms with Gasteiger partial charge in [0.05, 0.1) is 16.7 Å². The minimum absolute atomic E-state index is 0.00355. The van der Waals surface area contributed by atoms with Crippen LogP contribution in [0.25, 0.3) is 21.2 Å². The van der Waals surface area contributed by atoms with Crippen molar-refractivity contribution in [2.45, 2.75) is 0 Å². The number of pyridine rings is 2. The number of aromatic nitrogens is 2. The van der Waals surface area contributed by atoms with E-state index in [9.17, 15) is 9.59 Å². The lowest BCUT2D eigenvalue weighted by atomic mass is 10.0. The molecule has 4 aromatic rings. The van der Waals surface area contributed by atoms with Crippen LogP contribution in [-0.2, 0) is 9.53 Å². The number of hydrogen-bond donors (Lipinski definition) is 1. The topological polar surface area (TPSA) is 93.6 Å². The van der Waals surface area contributed by atoms with Crippen LogP contribution in [0.2, 0.25) is 0 Å². The SMILES string of the molecule is COCC(=O)Nc1ccc(-c2cncc3sc(C(=O)N(C)c4cc(OC)ccn4)cc23)cc1. The molecule has 0 bridgehead atoms. The van der Waals surface area contributed by atoms with Gasteiger partial charge in [-0.2, -0.15) is 0 Å². The number of ether oxygens (including phenoxy) is 2.